The van der Waals surface area contributed by atoms with Gasteiger partial charge in [0.05, 0.1) is 4.92 Å². The van der Waals surface area contributed by atoms with E-state index >= 15 is 0 Å². The fraction of sp³-hybridized carbons (Fsp3) is 0.250. The van der Waals surface area contributed by atoms with Crippen molar-refractivity contribution in [3.63, 3.8) is 0 Å². The van der Waals surface area contributed by atoms with E-state index in [9.17, 15) is 14.9 Å². The number of carbonyl (C=O) groups excluding carboxylic acids is 1. The van der Waals surface area contributed by atoms with Gasteiger partial charge in [-0.2, -0.15) is 0 Å². The second-order valence-electron chi connectivity index (χ2n) is 4.76. The molecule has 1 aromatic heterocycles. The summed E-state index contributed by atoms with van der Waals surface area (Å²) in [6.45, 7) is 2.33. The van der Waals surface area contributed by atoms with Crippen molar-refractivity contribution in [1.29, 1.82) is 0 Å². The van der Waals surface area contributed by atoms with Crippen LogP contribution in [0.2, 0.25) is 0 Å². The highest BCUT2D eigenvalue weighted by atomic mass is 16.6. The van der Waals surface area contributed by atoms with E-state index < -0.39 is 4.92 Å². The lowest BCUT2D eigenvalue weighted by molar-refractivity contribution is -0.384. The number of anilines is 1. The molecule has 0 saturated heterocycles. The topological polar surface area (TPSA) is 85.1 Å². The van der Waals surface area contributed by atoms with Crippen molar-refractivity contribution in [1.82, 2.24) is 4.98 Å². The number of ketones is 1. The number of rotatable bonds is 7. The molecule has 1 heterocycles. The van der Waals surface area contributed by atoms with Crippen molar-refractivity contribution in [2.45, 2.75) is 19.8 Å². The number of Topliss-reactive ketones (excluding diaryl/α,β-unsaturated/α-hetero) is 1. The van der Waals surface area contributed by atoms with Crippen LogP contribution in [-0.4, -0.2) is 22.2 Å². The molecule has 0 bridgehead atoms. The van der Waals surface area contributed by atoms with Gasteiger partial charge in [0.1, 0.15) is 0 Å². The molecule has 114 valence electrons. The normalized spacial score (nSPS) is 10.2. The van der Waals surface area contributed by atoms with Crippen LogP contribution in [-0.2, 0) is 6.42 Å². The molecule has 1 aromatic carbocycles. The number of aromatic nitrogens is 1. The predicted molar refractivity (Wildman–Crippen MR) is 84.1 cm³/mol. The average molecular weight is 299 g/mol. The maximum atomic E-state index is 12.0. The molecule has 1 N–H and O–H groups in total. The zero-order valence-electron chi connectivity index (χ0n) is 12.3. The van der Waals surface area contributed by atoms with E-state index in [1.165, 1.54) is 12.1 Å². The Morgan fingerprint density at radius 3 is 2.77 bits per heavy atom. The molecule has 2 rings (SSSR count). The molecule has 0 aliphatic rings. The summed E-state index contributed by atoms with van der Waals surface area (Å²) in [5.74, 6) is -0.121. The Morgan fingerprint density at radius 1 is 1.32 bits per heavy atom. The van der Waals surface area contributed by atoms with Crippen LogP contribution in [0.25, 0.3) is 0 Å². The van der Waals surface area contributed by atoms with Gasteiger partial charge in [-0.15, -0.1) is 0 Å². The fourth-order valence-corrected chi connectivity index (χ4v) is 2.09. The van der Waals surface area contributed by atoms with Crippen LogP contribution in [0.15, 0.2) is 42.6 Å². The van der Waals surface area contributed by atoms with Crippen LogP contribution in [0.5, 0.6) is 0 Å². The molecule has 0 saturated carbocycles. The molecular formula is C16H17N3O3. The number of benzene rings is 1. The number of nitro groups is 1. The number of hydrogen-bond acceptors (Lipinski definition) is 5. The van der Waals surface area contributed by atoms with Crippen molar-refractivity contribution >= 4 is 17.2 Å². The van der Waals surface area contributed by atoms with Gasteiger partial charge in [-0.1, -0.05) is 13.0 Å². The van der Waals surface area contributed by atoms with Crippen LogP contribution >= 0.6 is 0 Å². The second kappa shape index (κ2) is 7.31. The average Bonchev–Trinajstić information content (AvgIpc) is 2.55. The number of carbonyl (C=O) groups is 1. The standard InChI is InChI=1S/C16H17N3O3/c1-2-16(20)14-11-13(19(21)22)6-7-15(14)18-10-8-12-5-3-4-9-17-12/h3-7,9,11,18H,2,8,10H2,1H3. The lowest BCUT2D eigenvalue weighted by Crippen LogP contribution is -2.10. The molecule has 0 amide bonds. The Labute approximate surface area is 128 Å². The van der Waals surface area contributed by atoms with Crippen molar-refractivity contribution < 1.29 is 9.72 Å². The predicted octanol–water partition coefficient (Wildman–Crippen LogP) is 3.24. The minimum absolute atomic E-state index is 0.0768. The van der Waals surface area contributed by atoms with Gasteiger partial charge < -0.3 is 5.32 Å². The number of nitrogens with zero attached hydrogens (tertiary/aromatic N) is 2. The smallest absolute Gasteiger partial charge is 0.270 e. The first kappa shape index (κ1) is 15.6. The Balaban J connectivity index is 2.12. The molecule has 0 atom stereocenters. The SMILES string of the molecule is CCC(=O)c1cc([N+](=O)[O-])ccc1NCCc1ccccn1. The molecule has 0 spiro atoms. The lowest BCUT2D eigenvalue weighted by Gasteiger charge is -2.10. The van der Waals surface area contributed by atoms with Crippen LogP contribution < -0.4 is 5.32 Å². The maximum absolute atomic E-state index is 12.0. The maximum Gasteiger partial charge on any atom is 0.270 e. The number of hydrogen-bond donors (Lipinski definition) is 1. The zero-order valence-corrected chi connectivity index (χ0v) is 12.3. The number of nitrogens with one attached hydrogen (secondary N) is 1. The first-order valence-electron chi connectivity index (χ1n) is 7.07. The summed E-state index contributed by atoms with van der Waals surface area (Å²) in [4.78, 5) is 26.5. The highest BCUT2D eigenvalue weighted by Gasteiger charge is 2.15. The van der Waals surface area contributed by atoms with E-state index in [1.54, 1.807) is 19.2 Å². The summed E-state index contributed by atoms with van der Waals surface area (Å²) in [6, 6.07) is 10.0. The first-order chi connectivity index (χ1) is 10.6. The molecular weight excluding hydrogens is 282 g/mol. The zero-order chi connectivity index (χ0) is 15.9. The Hall–Kier alpha value is -2.76. The van der Waals surface area contributed by atoms with E-state index in [0.29, 0.717) is 30.6 Å². The van der Waals surface area contributed by atoms with Gasteiger partial charge >= 0.3 is 0 Å². The van der Waals surface area contributed by atoms with Crippen LogP contribution in [0.4, 0.5) is 11.4 Å². The van der Waals surface area contributed by atoms with Gasteiger partial charge in [-0.3, -0.25) is 19.9 Å². The Bertz CT molecular complexity index is 672. The van der Waals surface area contributed by atoms with Crippen molar-refractivity contribution in [3.05, 3.63) is 64.0 Å². The molecule has 0 radical (unpaired) electrons. The third-order valence-corrected chi connectivity index (χ3v) is 3.26. The van der Waals surface area contributed by atoms with E-state index in [-0.39, 0.29) is 11.5 Å². The molecule has 0 aliphatic carbocycles. The number of non-ortho nitro benzene ring substituents is 1. The van der Waals surface area contributed by atoms with Crippen LogP contribution in [0.1, 0.15) is 29.4 Å². The molecule has 6 nitrogen and oxygen atoms in total. The number of pyridine rings is 1. The quantitative estimate of drug-likeness (QED) is 0.482. The molecule has 22 heavy (non-hydrogen) atoms. The van der Waals surface area contributed by atoms with Crippen LogP contribution in [0, 0.1) is 10.1 Å². The van der Waals surface area contributed by atoms with E-state index in [2.05, 4.69) is 10.3 Å². The van der Waals surface area contributed by atoms with Crippen LogP contribution in [0.3, 0.4) is 0 Å². The van der Waals surface area contributed by atoms with Crippen molar-refractivity contribution in [2.24, 2.45) is 0 Å². The van der Waals surface area contributed by atoms with E-state index in [1.807, 2.05) is 18.2 Å². The molecule has 6 heteroatoms. The lowest BCUT2D eigenvalue weighted by atomic mass is 10.1. The minimum Gasteiger partial charge on any atom is -0.384 e. The second-order valence-corrected chi connectivity index (χ2v) is 4.76. The van der Waals surface area contributed by atoms with Gasteiger partial charge in [0, 0.05) is 54.7 Å². The molecule has 0 fully saturated rings. The summed E-state index contributed by atoms with van der Waals surface area (Å²) in [6.07, 6.45) is 2.74. The highest BCUT2D eigenvalue weighted by molar-refractivity contribution is 6.01. The first-order valence-corrected chi connectivity index (χ1v) is 7.07. The summed E-state index contributed by atoms with van der Waals surface area (Å²) >= 11 is 0. The van der Waals surface area contributed by atoms with Gasteiger partial charge in [-0.25, -0.2) is 0 Å². The summed E-state index contributed by atoms with van der Waals surface area (Å²) in [5.41, 5.74) is 1.85. The number of nitro benzene ring substituents is 1. The van der Waals surface area contributed by atoms with Gasteiger partial charge in [0.25, 0.3) is 5.69 Å². The van der Waals surface area contributed by atoms with Gasteiger partial charge in [0.2, 0.25) is 0 Å². The molecule has 0 aliphatic heterocycles. The van der Waals surface area contributed by atoms with Gasteiger partial charge in [0.15, 0.2) is 5.78 Å². The summed E-state index contributed by atoms with van der Waals surface area (Å²) in [5, 5.41) is 14.0. The van der Waals surface area contributed by atoms with Gasteiger partial charge in [-0.05, 0) is 18.2 Å². The highest BCUT2D eigenvalue weighted by Crippen LogP contribution is 2.23. The largest absolute Gasteiger partial charge is 0.384 e. The fourth-order valence-electron chi connectivity index (χ4n) is 2.09. The minimum atomic E-state index is -0.496. The van der Waals surface area contributed by atoms with Crippen molar-refractivity contribution in [2.75, 3.05) is 11.9 Å². The summed E-state index contributed by atoms with van der Waals surface area (Å²) < 4.78 is 0. The van der Waals surface area contributed by atoms with E-state index in [0.717, 1.165) is 5.69 Å². The molecule has 2 aromatic rings. The third-order valence-electron chi connectivity index (χ3n) is 3.26. The Morgan fingerprint density at radius 2 is 2.14 bits per heavy atom. The van der Waals surface area contributed by atoms with E-state index in [4.69, 9.17) is 0 Å². The monoisotopic (exact) mass is 299 g/mol. The molecule has 0 unspecified atom stereocenters. The van der Waals surface area contributed by atoms with Crippen molar-refractivity contribution in [3.8, 4) is 0 Å². The summed E-state index contributed by atoms with van der Waals surface area (Å²) in [7, 11) is 0. The Kier molecular flexibility index (Phi) is 5.19. The third kappa shape index (κ3) is 3.88.